The highest BCUT2D eigenvalue weighted by molar-refractivity contribution is 5.92. The minimum absolute atomic E-state index is 0.0183. The van der Waals surface area contributed by atoms with Gasteiger partial charge in [-0.15, -0.1) is 13.2 Å². The van der Waals surface area contributed by atoms with Crippen LogP contribution in [-0.4, -0.2) is 94.9 Å². The van der Waals surface area contributed by atoms with Gasteiger partial charge in [-0.3, -0.25) is 9.80 Å². The molecule has 4 N–H and O–H groups in total. The van der Waals surface area contributed by atoms with Crippen molar-refractivity contribution < 1.29 is 19.7 Å². The molecule has 0 amide bonds. The fourth-order valence-electron chi connectivity index (χ4n) is 11.2. The van der Waals surface area contributed by atoms with E-state index >= 15 is 0 Å². The minimum atomic E-state index is -0.694. The molecule has 12 rings (SSSR count). The van der Waals surface area contributed by atoms with Crippen molar-refractivity contribution in [2.24, 2.45) is 23.7 Å². The number of piperidine rings is 6. The molecule has 58 heavy (non-hydrogen) atoms. The number of methoxy groups -OCH3 is 2. The molecular formula is C48H54N6O4. The van der Waals surface area contributed by atoms with Gasteiger partial charge in [-0.05, 0) is 122 Å². The monoisotopic (exact) mass is 778 g/mol. The zero-order chi connectivity index (χ0) is 39.7. The first kappa shape index (κ1) is 37.3. The highest BCUT2D eigenvalue weighted by atomic mass is 16.5. The van der Waals surface area contributed by atoms with E-state index in [0.717, 1.165) is 119 Å². The largest absolute Gasteiger partial charge is 0.497 e. The van der Waals surface area contributed by atoms with Crippen LogP contribution < -0.4 is 20.1 Å². The summed E-state index contributed by atoms with van der Waals surface area (Å²) in [5.41, 5.74) is 7.08. The maximum absolute atomic E-state index is 12.3. The van der Waals surface area contributed by atoms with Crippen molar-refractivity contribution in [3.8, 4) is 11.5 Å². The Labute approximate surface area is 340 Å². The van der Waals surface area contributed by atoms with Crippen molar-refractivity contribution in [1.82, 2.24) is 20.0 Å². The lowest BCUT2D eigenvalue weighted by Gasteiger charge is -2.51. The summed E-state index contributed by atoms with van der Waals surface area (Å²) in [5, 5.41) is 44.1. The molecule has 0 aliphatic carbocycles. The number of aliphatic hydroxyl groups is 2. The second-order valence-electron chi connectivity index (χ2n) is 17.2. The van der Waals surface area contributed by atoms with Gasteiger partial charge >= 0.3 is 0 Å². The Kier molecular flexibility index (Phi) is 9.63. The van der Waals surface area contributed by atoms with Crippen LogP contribution in [0, 0.1) is 23.7 Å². The van der Waals surface area contributed by atoms with Crippen LogP contribution in [0.5, 0.6) is 11.5 Å². The smallest absolute Gasteiger partial charge is 0.119 e. The fraction of sp³-hybridized carbons (Fsp3) is 0.417. The van der Waals surface area contributed by atoms with Crippen LogP contribution >= 0.6 is 0 Å². The van der Waals surface area contributed by atoms with Crippen molar-refractivity contribution >= 4 is 33.3 Å². The lowest BCUT2D eigenvalue weighted by atomic mass is 9.72. The second-order valence-corrected chi connectivity index (χ2v) is 17.2. The average molecular weight is 779 g/mol. The van der Waals surface area contributed by atoms with Crippen LogP contribution in [0.15, 0.2) is 98.1 Å². The summed E-state index contributed by atoms with van der Waals surface area (Å²) in [6, 6.07) is 19.7. The van der Waals surface area contributed by atoms with Gasteiger partial charge in [-0.2, -0.15) is 10.2 Å². The highest BCUT2D eigenvalue weighted by Gasteiger charge is 2.45. The molecule has 6 fully saturated rings. The third-order valence-electron chi connectivity index (χ3n) is 14.4. The molecular weight excluding hydrogens is 725 g/mol. The Balaban J connectivity index is 1.03. The van der Waals surface area contributed by atoms with E-state index in [1.165, 1.54) is 0 Å². The van der Waals surface area contributed by atoms with Gasteiger partial charge in [0.15, 0.2) is 0 Å². The molecule has 0 radical (unpaired) electrons. The highest BCUT2D eigenvalue weighted by Crippen LogP contribution is 2.47. The number of anilines is 2. The van der Waals surface area contributed by atoms with E-state index in [0.29, 0.717) is 23.7 Å². The molecule has 3 aromatic carbocycles. The van der Waals surface area contributed by atoms with Gasteiger partial charge in [0.05, 0.1) is 49.9 Å². The van der Waals surface area contributed by atoms with Crippen LogP contribution in [0.2, 0.25) is 0 Å². The van der Waals surface area contributed by atoms with Gasteiger partial charge in [-0.1, -0.05) is 36.4 Å². The summed E-state index contributed by atoms with van der Waals surface area (Å²) in [4.78, 5) is 4.91. The molecule has 4 aromatic rings. The van der Waals surface area contributed by atoms with Gasteiger partial charge in [0.2, 0.25) is 0 Å². The van der Waals surface area contributed by atoms with Crippen LogP contribution in [0.3, 0.4) is 0 Å². The summed E-state index contributed by atoms with van der Waals surface area (Å²) < 4.78 is 11.3. The SMILES string of the molecule is C=CC1CN2CCC1CC2[C@H](O)C1=CC(c2nnc(C3C=C([C@@H](O)C4CC5CCN4CC5C=C)c4cc(OC)ccc4N3)c3ccccc23)Nc2ccc(OC)cc21. The number of rotatable bonds is 10. The quantitative estimate of drug-likeness (QED) is 0.123. The van der Waals surface area contributed by atoms with Crippen molar-refractivity contribution in [3.63, 3.8) is 0 Å². The molecule has 1 aromatic heterocycles. The van der Waals surface area contributed by atoms with Crippen LogP contribution in [0.1, 0.15) is 60.3 Å². The number of hydrogen-bond donors (Lipinski definition) is 4. The third kappa shape index (κ3) is 6.24. The van der Waals surface area contributed by atoms with Gasteiger partial charge in [0, 0.05) is 58.4 Å². The first-order valence-corrected chi connectivity index (χ1v) is 21.0. The second kappa shape index (κ2) is 15.0. The Morgan fingerprint density at radius 1 is 0.690 bits per heavy atom. The Bertz CT molecular complexity index is 2160. The van der Waals surface area contributed by atoms with Crippen molar-refractivity contribution in [2.45, 2.75) is 62.1 Å². The number of hydrogen-bond acceptors (Lipinski definition) is 10. The summed E-state index contributed by atoms with van der Waals surface area (Å²) in [6.45, 7) is 12.1. The molecule has 10 nitrogen and oxygen atoms in total. The standard InChI is InChI=1S/C48H54N6O4/c1-5-27-25-53-17-15-29(27)19-43(53)47(55)37-23-41(49-39-13-11-31(57-3)21-35(37)39)45-33-9-7-8-10-34(33)46(52-51-45)42-24-38(36-22-32(58-4)12-14-40(36)50-42)48(56)44-20-30-16-18-54(44)26-28(30)6-2/h5-14,21-24,27-30,41-44,47-50,55-56H,1-2,15-20,25-26H2,3-4H3/t27?,28?,29?,30?,41?,42?,43?,44?,47-,48-/m1/s1. The van der Waals surface area contributed by atoms with Gasteiger partial charge in [0.1, 0.15) is 11.5 Å². The molecule has 10 heteroatoms. The lowest BCUT2D eigenvalue weighted by Crippen LogP contribution is -2.57. The predicted octanol–water partition coefficient (Wildman–Crippen LogP) is 7.26. The minimum Gasteiger partial charge on any atom is -0.497 e. The number of aromatic nitrogens is 2. The Morgan fingerprint density at radius 3 is 1.52 bits per heavy atom. The molecule has 8 aliphatic rings. The van der Waals surface area contributed by atoms with Crippen LogP contribution in [-0.2, 0) is 0 Å². The summed E-state index contributed by atoms with van der Waals surface area (Å²) in [7, 11) is 3.35. The topological polar surface area (TPSA) is 115 Å². The molecule has 8 aliphatic heterocycles. The fourth-order valence-corrected chi connectivity index (χ4v) is 11.2. The molecule has 6 saturated heterocycles. The van der Waals surface area contributed by atoms with E-state index in [-0.39, 0.29) is 24.2 Å². The van der Waals surface area contributed by atoms with E-state index in [2.05, 4.69) is 70.0 Å². The molecule has 0 spiro atoms. The summed E-state index contributed by atoms with van der Waals surface area (Å²) in [5.74, 6) is 3.49. The first-order chi connectivity index (χ1) is 28.3. The molecule has 4 bridgehead atoms. The maximum Gasteiger partial charge on any atom is 0.119 e. The zero-order valence-corrected chi connectivity index (χ0v) is 33.4. The number of ether oxygens (including phenoxy) is 2. The van der Waals surface area contributed by atoms with Gasteiger partial charge < -0.3 is 30.3 Å². The van der Waals surface area contributed by atoms with Gasteiger partial charge in [0.25, 0.3) is 0 Å². The van der Waals surface area contributed by atoms with Crippen molar-refractivity contribution in [3.05, 3.63) is 121 Å². The Hall–Kier alpha value is -5.00. The summed E-state index contributed by atoms with van der Waals surface area (Å²) in [6.07, 6.45) is 11.3. The normalized spacial score (nSPS) is 31.7. The molecule has 12 atom stereocenters. The van der Waals surface area contributed by atoms with Crippen LogP contribution in [0.4, 0.5) is 11.4 Å². The van der Waals surface area contributed by atoms with E-state index in [1.54, 1.807) is 14.2 Å². The lowest BCUT2D eigenvalue weighted by molar-refractivity contribution is -0.0255. The number of benzene rings is 3. The molecule has 300 valence electrons. The van der Waals surface area contributed by atoms with E-state index in [1.807, 2.05) is 48.5 Å². The molecule has 10 unspecified atom stereocenters. The predicted molar refractivity (Wildman–Crippen MR) is 230 cm³/mol. The number of fused-ring (bicyclic) bond motifs is 9. The van der Waals surface area contributed by atoms with E-state index < -0.39 is 12.2 Å². The van der Waals surface area contributed by atoms with Crippen LogP contribution in [0.25, 0.3) is 21.9 Å². The number of nitrogens with zero attached hydrogens (tertiary/aromatic N) is 4. The van der Waals surface area contributed by atoms with E-state index in [4.69, 9.17) is 19.7 Å². The van der Waals surface area contributed by atoms with Crippen molar-refractivity contribution in [2.75, 3.05) is 51.0 Å². The zero-order valence-electron chi connectivity index (χ0n) is 33.4. The van der Waals surface area contributed by atoms with Gasteiger partial charge in [-0.25, -0.2) is 0 Å². The average Bonchev–Trinajstić information content (AvgIpc) is 3.29. The van der Waals surface area contributed by atoms with Crippen molar-refractivity contribution in [1.29, 1.82) is 0 Å². The summed E-state index contributed by atoms with van der Waals surface area (Å²) >= 11 is 0. The Morgan fingerprint density at radius 2 is 1.14 bits per heavy atom. The maximum atomic E-state index is 12.3. The molecule has 0 saturated carbocycles. The first-order valence-electron chi connectivity index (χ1n) is 21.0. The molecule has 9 heterocycles. The number of nitrogens with one attached hydrogen (secondary N) is 2. The number of aliphatic hydroxyl groups excluding tert-OH is 2. The van der Waals surface area contributed by atoms with E-state index in [9.17, 15) is 10.2 Å². The third-order valence-corrected chi connectivity index (χ3v) is 14.4.